The van der Waals surface area contributed by atoms with Crippen LogP contribution in [0.2, 0.25) is 0 Å². The van der Waals surface area contributed by atoms with Crippen LogP contribution >= 0.6 is 0 Å². The van der Waals surface area contributed by atoms with Crippen molar-refractivity contribution in [2.24, 2.45) is 0 Å². The van der Waals surface area contributed by atoms with Gasteiger partial charge in [-0.3, -0.25) is 4.79 Å². The molecule has 0 saturated carbocycles. The molecule has 0 saturated heterocycles. The van der Waals surface area contributed by atoms with Gasteiger partial charge in [0.25, 0.3) is 0 Å². The number of hydrogen-bond acceptors (Lipinski definition) is 4. The van der Waals surface area contributed by atoms with E-state index >= 15 is 0 Å². The lowest BCUT2D eigenvalue weighted by molar-refractivity contribution is -0.136. The first kappa shape index (κ1) is 17.1. The molecule has 1 aliphatic rings. The molecule has 0 bridgehead atoms. The second-order valence-corrected chi connectivity index (χ2v) is 6.71. The van der Waals surface area contributed by atoms with E-state index in [4.69, 9.17) is 9.84 Å². The number of nitrogens with one attached hydrogen (secondary N) is 1. The normalized spacial score (nSPS) is 14.1. The fraction of sp³-hybridized carbons (Fsp3) is 0.529. The van der Waals surface area contributed by atoms with Crippen LogP contribution in [0.5, 0.6) is 0 Å². The minimum Gasteiger partial charge on any atom is -0.481 e. The summed E-state index contributed by atoms with van der Waals surface area (Å²) in [6.45, 7) is 7.14. The number of carboxylic acid groups (broad SMARTS) is 1. The molecule has 1 heterocycles. The lowest BCUT2D eigenvalue weighted by atomic mass is 9.99. The van der Waals surface area contributed by atoms with Crippen LogP contribution < -0.4 is 5.32 Å². The average molecular weight is 320 g/mol. The van der Waals surface area contributed by atoms with E-state index in [0.29, 0.717) is 19.6 Å². The van der Waals surface area contributed by atoms with Gasteiger partial charge in [0, 0.05) is 25.3 Å². The minimum atomic E-state index is -0.816. The number of benzene rings is 1. The Kier molecular flexibility index (Phi) is 5.13. The zero-order valence-corrected chi connectivity index (χ0v) is 13.9. The molecule has 0 fully saturated rings. The number of carboxylic acids is 1. The van der Waals surface area contributed by atoms with Crippen LogP contribution in [0, 0.1) is 0 Å². The van der Waals surface area contributed by atoms with E-state index in [-0.39, 0.29) is 12.5 Å². The van der Waals surface area contributed by atoms with Crippen LogP contribution in [0.3, 0.4) is 0 Å². The number of amides is 1. The summed E-state index contributed by atoms with van der Waals surface area (Å²) in [7, 11) is 0. The number of ether oxygens (including phenoxy) is 1. The third-order valence-corrected chi connectivity index (χ3v) is 3.54. The van der Waals surface area contributed by atoms with Gasteiger partial charge in [-0.2, -0.15) is 0 Å². The molecule has 6 heteroatoms. The molecule has 1 amide bonds. The Labute approximate surface area is 136 Å². The second-order valence-electron chi connectivity index (χ2n) is 6.71. The summed E-state index contributed by atoms with van der Waals surface area (Å²) < 4.78 is 5.41. The predicted molar refractivity (Wildman–Crippen MR) is 87.5 cm³/mol. The van der Waals surface area contributed by atoms with Crippen molar-refractivity contribution >= 4 is 17.7 Å². The van der Waals surface area contributed by atoms with Gasteiger partial charge in [0.05, 0.1) is 6.42 Å². The standard InChI is InChI=1S/C17H24N2O4/c1-17(2,3)23-16(22)19-9-7-12-10-14(5-4-13(12)11-19)18-8-6-15(20)21/h4-5,10,18H,6-9,11H2,1-3H3,(H,20,21). The molecule has 1 aliphatic heterocycles. The van der Waals surface area contributed by atoms with Gasteiger partial charge in [0.1, 0.15) is 5.60 Å². The number of fused-ring (bicyclic) bond motifs is 1. The van der Waals surface area contributed by atoms with Crippen molar-refractivity contribution in [2.45, 2.75) is 45.8 Å². The summed E-state index contributed by atoms with van der Waals surface area (Å²) in [6.07, 6.45) is 0.568. The first-order chi connectivity index (χ1) is 10.7. The summed E-state index contributed by atoms with van der Waals surface area (Å²) in [4.78, 5) is 24.4. The van der Waals surface area contributed by atoms with E-state index in [0.717, 1.165) is 17.7 Å². The average Bonchev–Trinajstić information content (AvgIpc) is 2.44. The van der Waals surface area contributed by atoms with Crippen LogP contribution in [0.15, 0.2) is 18.2 Å². The molecular formula is C17H24N2O4. The predicted octanol–water partition coefficient (Wildman–Crippen LogP) is 2.87. The monoisotopic (exact) mass is 320 g/mol. The number of aliphatic carboxylic acids is 1. The maximum atomic E-state index is 12.1. The fourth-order valence-corrected chi connectivity index (χ4v) is 2.46. The summed E-state index contributed by atoms with van der Waals surface area (Å²) in [6, 6.07) is 5.93. The first-order valence-electron chi connectivity index (χ1n) is 7.80. The maximum Gasteiger partial charge on any atom is 0.410 e. The summed E-state index contributed by atoms with van der Waals surface area (Å²) in [5.74, 6) is -0.816. The molecular weight excluding hydrogens is 296 g/mol. The molecule has 0 spiro atoms. The molecule has 6 nitrogen and oxygen atoms in total. The van der Waals surface area contributed by atoms with Crippen LogP contribution in [-0.4, -0.2) is 40.8 Å². The largest absolute Gasteiger partial charge is 0.481 e. The van der Waals surface area contributed by atoms with Gasteiger partial charge in [-0.15, -0.1) is 0 Å². The zero-order chi connectivity index (χ0) is 17.0. The van der Waals surface area contributed by atoms with Crippen molar-refractivity contribution < 1.29 is 19.4 Å². The third-order valence-electron chi connectivity index (χ3n) is 3.54. The van der Waals surface area contributed by atoms with Crippen LogP contribution in [-0.2, 0) is 22.5 Å². The minimum absolute atomic E-state index is 0.0868. The summed E-state index contributed by atoms with van der Waals surface area (Å²) in [5.41, 5.74) is 2.71. The van der Waals surface area contributed by atoms with E-state index in [1.165, 1.54) is 5.56 Å². The molecule has 0 radical (unpaired) electrons. The highest BCUT2D eigenvalue weighted by molar-refractivity contribution is 5.69. The fourth-order valence-electron chi connectivity index (χ4n) is 2.46. The Morgan fingerprint density at radius 1 is 1.30 bits per heavy atom. The highest BCUT2D eigenvalue weighted by atomic mass is 16.6. The molecule has 1 aromatic rings. The van der Waals surface area contributed by atoms with Crippen LogP contribution in [0.1, 0.15) is 38.3 Å². The molecule has 0 aliphatic carbocycles. The molecule has 2 N–H and O–H groups in total. The van der Waals surface area contributed by atoms with E-state index < -0.39 is 11.6 Å². The molecule has 1 aromatic carbocycles. The number of nitrogens with zero attached hydrogens (tertiary/aromatic N) is 1. The van der Waals surface area contributed by atoms with Crippen LogP contribution in [0.25, 0.3) is 0 Å². The van der Waals surface area contributed by atoms with Gasteiger partial charge in [-0.25, -0.2) is 4.79 Å². The maximum absolute atomic E-state index is 12.1. The number of carbonyl (C=O) groups excluding carboxylic acids is 1. The Bertz CT molecular complexity index is 593. The van der Waals surface area contributed by atoms with Gasteiger partial charge < -0.3 is 20.1 Å². The van der Waals surface area contributed by atoms with E-state index in [2.05, 4.69) is 5.32 Å². The third kappa shape index (κ3) is 5.16. The number of rotatable bonds is 4. The van der Waals surface area contributed by atoms with Gasteiger partial charge in [-0.1, -0.05) is 6.07 Å². The number of carbonyl (C=O) groups is 2. The van der Waals surface area contributed by atoms with E-state index in [1.807, 2.05) is 39.0 Å². The number of hydrogen-bond donors (Lipinski definition) is 2. The summed E-state index contributed by atoms with van der Waals surface area (Å²) in [5, 5.41) is 11.8. The van der Waals surface area contributed by atoms with E-state index in [9.17, 15) is 9.59 Å². The number of anilines is 1. The van der Waals surface area contributed by atoms with Crippen molar-refractivity contribution in [3.63, 3.8) is 0 Å². The molecule has 0 atom stereocenters. The second kappa shape index (κ2) is 6.89. The molecule has 0 unspecified atom stereocenters. The van der Waals surface area contributed by atoms with Gasteiger partial charge >= 0.3 is 12.1 Å². The highest BCUT2D eigenvalue weighted by Gasteiger charge is 2.25. The molecule has 23 heavy (non-hydrogen) atoms. The Morgan fingerprint density at radius 3 is 2.70 bits per heavy atom. The molecule has 0 aromatic heterocycles. The first-order valence-corrected chi connectivity index (χ1v) is 7.80. The van der Waals surface area contributed by atoms with Gasteiger partial charge in [0.2, 0.25) is 0 Å². The molecule has 126 valence electrons. The highest BCUT2D eigenvalue weighted by Crippen LogP contribution is 2.24. The van der Waals surface area contributed by atoms with Crippen molar-refractivity contribution in [3.8, 4) is 0 Å². The van der Waals surface area contributed by atoms with E-state index in [1.54, 1.807) is 4.90 Å². The van der Waals surface area contributed by atoms with Gasteiger partial charge in [-0.05, 0) is 50.5 Å². The Morgan fingerprint density at radius 2 is 2.04 bits per heavy atom. The Hall–Kier alpha value is -2.24. The van der Waals surface area contributed by atoms with Crippen molar-refractivity contribution in [1.82, 2.24) is 4.90 Å². The van der Waals surface area contributed by atoms with Crippen LogP contribution in [0.4, 0.5) is 10.5 Å². The van der Waals surface area contributed by atoms with Gasteiger partial charge in [0.15, 0.2) is 0 Å². The van der Waals surface area contributed by atoms with Crippen molar-refractivity contribution in [3.05, 3.63) is 29.3 Å². The SMILES string of the molecule is CC(C)(C)OC(=O)N1CCc2cc(NCCC(=O)O)ccc2C1. The quantitative estimate of drug-likeness (QED) is 0.892. The lowest BCUT2D eigenvalue weighted by Gasteiger charge is -2.31. The van der Waals surface area contributed by atoms with Crippen molar-refractivity contribution in [2.75, 3.05) is 18.4 Å². The topological polar surface area (TPSA) is 78.9 Å². The van der Waals surface area contributed by atoms with Crippen molar-refractivity contribution in [1.29, 1.82) is 0 Å². The lowest BCUT2D eigenvalue weighted by Crippen LogP contribution is -2.39. The molecule has 2 rings (SSSR count). The smallest absolute Gasteiger partial charge is 0.410 e. The Balaban J connectivity index is 1.97. The summed E-state index contributed by atoms with van der Waals surface area (Å²) >= 11 is 0. The zero-order valence-electron chi connectivity index (χ0n) is 13.9.